The molecular formula is C15H24N4. The molecule has 3 heterocycles. The van der Waals surface area contributed by atoms with Crippen molar-refractivity contribution in [3.05, 3.63) is 24.0 Å². The molecule has 104 valence electrons. The fraction of sp³-hybridized carbons (Fsp3) is 0.667. The van der Waals surface area contributed by atoms with Crippen molar-refractivity contribution in [2.24, 2.45) is 0 Å². The van der Waals surface area contributed by atoms with Gasteiger partial charge in [-0.25, -0.2) is 0 Å². The molecule has 4 heteroatoms. The van der Waals surface area contributed by atoms with E-state index >= 15 is 0 Å². The van der Waals surface area contributed by atoms with Crippen LogP contribution in [0.15, 0.2) is 18.3 Å². The molecule has 2 aliphatic heterocycles. The van der Waals surface area contributed by atoms with E-state index in [2.05, 4.69) is 27.8 Å². The van der Waals surface area contributed by atoms with Gasteiger partial charge in [-0.3, -0.25) is 14.8 Å². The Morgan fingerprint density at radius 3 is 3.00 bits per heavy atom. The molecule has 2 aliphatic rings. The third kappa shape index (κ3) is 2.90. The van der Waals surface area contributed by atoms with Gasteiger partial charge in [0.1, 0.15) is 0 Å². The van der Waals surface area contributed by atoms with Crippen molar-refractivity contribution in [2.45, 2.75) is 44.8 Å². The number of pyridine rings is 1. The van der Waals surface area contributed by atoms with Gasteiger partial charge in [-0.2, -0.15) is 0 Å². The summed E-state index contributed by atoms with van der Waals surface area (Å²) in [6.45, 7) is 6.98. The van der Waals surface area contributed by atoms with E-state index in [1.54, 1.807) is 6.20 Å². The van der Waals surface area contributed by atoms with Crippen LogP contribution in [0.5, 0.6) is 0 Å². The maximum atomic E-state index is 5.69. The predicted octanol–water partition coefficient (Wildman–Crippen LogP) is 1.72. The van der Waals surface area contributed by atoms with Gasteiger partial charge in [-0.15, -0.1) is 0 Å². The molecule has 0 aromatic carbocycles. The van der Waals surface area contributed by atoms with E-state index in [0.29, 0.717) is 6.04 Å². The van der Waals surface area contributed by atoms with Crippen molar-refractivity contribution in [3.63, 3.8) is 0 Å². The number of aromatic nitrogens is 1. The number of rotatable bonds is 2. The summed E-state index contributed by atoms with van der Waals surface area (Å²) in [6.07, 6.45) is 5.89. The Kier molecular flexibility index (Phi) is 3.71. The number of hydrogen-bond donors (Lipinski definition) is 1. The van der Waals surface area contributed by atoms with Crippen molar-refractivity contribution in [3.8, 4) is 0 Å². The third-order valence-electron chi connectivity index (χ3n) is 4.53. The molecule has 1 aromatic heterocycles. The van der Waals surface area contributed by atoms with Crippen molar-refractivity contribution in [1.82, 2.24) is 14.8 Å². The van der Waals surface area contributed by atoms with Gasteiger partial charge in [0.2, 0.25) is 0 Å². The first-order valence-corrected chi connectivity index (χ1v) is 7.41. The summed E-state index contributed by atoms with van der Waals surface area (Å²) in [7, 11) is 0. The van der Waals surface area contributed by atoms with Crippen molar-refractivity contribution in [1.29, 1.82) is 0 Å². The van der Waals surface area contributed by atoms with Crippen LogP contribution in [0.1, 0.15) is 31.9 Å². The average molecular weight is 260 g/mol. The highest BCUT2D eigenvalue weighted by Gasteiger charge is 2.32. The maximum absolute atomic E-state index is 5.69. The van der Waals surface area contributed by atoms with Gasteiger partial charge in [0.05, 0.1) is 17.6 Å². The molecule has 2 atom stereocenters. The number of nitrogens with two attached hydrogens (primary N) is 1. The molecule has 0 bridgehead atoms. The predicted molar refractivity (Wildman–Crippen MR) is 77.7 cm³/mol. The average Bonchev–Trinajstić information content (AvgIpc) is 2.42. The van der Waals surface area contributed by atoms with E-state index in [1.165, 1.54) is 38.9 Å². The second-order valence-corrected chi connectivity index (χ2v) is 6.01. The quantitative estimate of drug-likeness (QED) is 0.879. The molecule has 0 saturated carbocycles. The Morgan fingerprint density at radius 1 is 1.32 bits per heavy atom. The molecule has 0 radical (unpaired) electrons. The van der Waals surface area contributed by atoms with E-state index in [0.717, 1.165) is 24.0 Å². The first-order chi connectivity index (χ1) is 9.22. The molecule has 0 aliphatic carbocycles. The summed E-state index contributed by atoms with van der Waals surface area (Å²) >= 11 is 0. The van der Waals surface area contributed by atoms with Crippen LogP contribution in [0.2, 0.25) is 0 Å². The number of fused-ring (bicyclic) bond motifs is 1. The molecule has 0 amide bonds. The van der Waals surface area contributed by atoms with Gasteiger partial charge in [0.15, 0.2) is 0 Å². The Hall–Kier alpha value is -1.13. The lowest BCUT2D eigenvalue weighted by Gasteiger charge is -2.47. The molecule has 2 fully saturated rings. The summed E-state index contributed by atoms with van der Waals surface area (Å²) in [4.78, 5) is 9.69. The largest absolute Gasteiger partial charge is 0.397 e. The summed E-state index contributed by atoms with van der Waals surface area (Å²) in [6, 6.07) is 5.38. The molecule has 4 nitrogen and oxygen atoms in total. The van der Waals surface area contributed by atoms with Gasteiger partial charge in [0.25, 0.3) is 0 Å². The van der Waals surface area contributed by atoms with Crippen molar-refractivity contribution < 1.29 is 0 Å². The van der Waals surface area contributed by atoms with Crippen LogP contribution in [-0.2, 0) is 6.54 Å². The lowest BCUT2D eigenvalue weighted by Crippen LogP contribution is -2.58. The molecule has 1 aromatic rings. The Labute approximate surface area is 115 Å². The summed E-state index contributed by atoms with van der Waals surface area (Å²) in [5.41, 5.74) is 7.57. The van der Waals surface area contributed by atoms with Crippen LogP contribution in [-0.4, -0.2) is 46.5 Å². The Balaban J connectivity index is 1.65. The molecule has 19 heavy (non-hydrogen) atoms. The Bertz CT molecular complexity index is 417. The molecule has 3 rings (SSSR count). The van der Waals surface area contributed by atoms with Crippen LogP contribution in [0.25, 0.3) is 0 Å². The van der Waals surface area contributed by atoms with E-state index in [9.17, 15) is 0 Å². The third-order valence-corrected chi connectivity index (χ3v) is 4.53. The van der Waals surface area contributed by atoms with Gasteiger partial charge in [0, 0.05) is 31.7 Å². The fourth-order valence-corrected chi connectivity index (χ4v) is 3.37. The highest BCUT2D eigenvalue weighted by Crippen LogP contribution is 2.24. The van der Waals surface area contributed by atoms with Crippen LogP contribution in [0.3, 0.4) is 0 Å². The minimum absolute atomic E-state index is 0.619. The molecular weight excluding hydrogens is 236 g/mol. The summed E-state index contributed by atoms with van der Waals surface area (Å²) in [5.74, 6) is 0. The minimum Gasteiger partial charge on any atom is -0.397 e. The van der Waals surface area contributed by atoms with Crippen molar-refractivity contribution in [2.75, 3.05) is 25.4 Å². The number of nitrogen functional groups attached to an aromatic ring is 1. The highest BCUT2D eigenvalue weighted by atomic mass is 15.3. The first-order valence-electron chi connectivity index (χ1n) is 7.41. The monoisotopic (exact) mass is 260 g/mol. The van der Waals surface area contributed by atoms with E-state index < -0.39 is 0 Å². The smallest absolute Gasteiger partial charge is 0.0545 e. The van der Waals surface area contributed by atoms with E-state index in [1.807, 2.05) is 6.07 Å². The number of piperazine rings is 1. The van der Waals surface area contributed by atoms with Gasteiger partial charge >= 0.3 is 0 Å². The van der Waals surface area contributed by atoms with Gasteiger partial charge in [-0.05, 0) is 38.4 Å². The van der Waals surface area contributed by atoms with Crippen LogP contribution < -0.4 is 5.73 Å². The SMILES string of the molecule is CC1CN2CCCCC2CN1Cc1ccc(N)cn1. The Morgan fingerprint density at radius 2 is 2.21 bits per heavy atom. The second-order valence-electron chi connectivity index (χ2n) is 6.01. The number of anilines is 1. The molecule has 2 saturated heterocycles. The summed E-state index contributed by atoms with van der Waals surface area (Å²) < 4.78 is 0. The molecule has 0 spiro atoms. The van der Waals surface area contributed by atoms with E-state index in [-0.39, 0.29) is 0 Å². The first kappa shape index (κ1) is 12.9. The highest BCUT2D eigenvalue weighted by molar-refractivity contribution is 5.34. The number of nitrogens with zero attached hydrogens (tertiary/aromatic N) is 3. The van der Waals surface area contributed by atoms with Crippen LogP contribution in [0, 0.1) is 0 Å². The fourth-order valence-electron chi connectivity index (χ4n) is 3.37. The minimum atomic E-state index is 0.619. The normalized spacial score (nSPS) is 29.1. The number of hydrogen-bond acceptors (Lipinski definition) is 4. The molecule has 2 N–H and O–H groups in total. The lowest BCUT2D eigenvalue weighted by atomic mass is 9.97. The summed E-state index contributed by atoms with van der Waals surface area (Å²) in [5, 5.41) is 0. The lowest BCUT2D eigenvalue weighted by molar-refractivity contribution is 0.0105. The van der Waals surface area contributed by atoms with Gasteiger partial charge in [-0.1, -0.05) is 6.42 Å². The van der Waals surface area contributed by atoms with Gasteiger partial charge < -0.3 is 5.73 Å². The zero-order valence-corrected chi connectivity index (χ0v) is 11.8. The zero-order chi connectivity index (χ0) is 13.2. The van der Waals surface area contributed by atoms with Crippen LogP contribution >= 0.6 is 0 Å². The maximum Gasteiger partial charge on any atom is 0.0545 e. The van der Waals surface area contributed by atoms with Crippen LogP contribution in [0.4, 0.5) is 5.69 Å². The van der Waals surface area contributed by atoms with E-state index in [4.69, 9.17) is 5.73 Å². The zero-order valence-electron chi connectivity index (χ0n) is 11.8. The topological polar surface area (TPSA) is 45.4 Å². The number of piperidine rings is 1. The van der Waals surface area contributed by atoms with Crippen molar-refractivity contribution >= 4 is 5.69 Å². The molecule has 2 unspecified atom stereocenters. The second kappa shape index (κ2) is 5.47. The standard InChI is InChI=1S/C15H24N4/c1-12-9-18-7-3-2-4-15(18)11-19(12)10-14-6-5-13(16)8-17-14/h5-6,8,12,15H,2-4,7,9-11,16H2,1H3.